The van der Waals surface area contributed by atoms with Gasteiger partial charge in [0, 0.05) is 23.9 Å². The number of anilines is 3. The Morgan fingerprint density at radius 1 is 1.17 bits per heavy atom. The third kappa shape index (κ3) is 3.20. The second-order valence-electron chi connectivity index (χ2n) is 5.36. The largest absolute Gasteiger partial charge is 0.367 e. The monoisotopic (exact) mass is 326 g/mol. The van der Waals surface area contributed by atoms with Gasteiger partial charge < -0.3 is 10.6 Å². The smallest absolute Gasteiger partial charge is 0.159 e. The first-order valence-electron chi connectivity index (χ1n) is 7.20. The lowest BCUT2D eigenvalue weighted by molar-refractivity contribution is 0.926. The topological polar surface area (TPSA) is 78.0 Å². The highest BCUT2D eigenvalue weighted by molar-refractivity contribution is 5.85. The molecule has 2 N–H and O–H groups in total. The molecule has 1 aliphatic carbocycles. The van der Waals surface area contributed by atoms with Crippen molar-refractivity contribution in [3.05, 3.63) is 48.2 Å². The van der Waals surface area contributed by atoms with Crippen LogP contribution in [0, 0.1) is 11.3 Å². The van der Waals surface area contributed by atoms with Crippen molar-refractivity contribution in [1.29, 1.82) is 5.26 Å². The summed E-state index contributed by atoms with van der Waals surface area (Å²) >= 11 is 0. The van der Waals surface area contributed by atoms with E-state index in [1.54, 1.807) is 18.3 Å². The van der Waals surface area contributed by atoms with Gasteiger partial charge in [-0.2, -0.15) is 14.9 Å². The summed E-state index contributed by atoms with van der Waals surface area (Å²) in [5.41, 5.74) is 2.33. The molecule has 3 aromatic rings. The van der Waals surface area contributed by atoms with Gasteiger partial charge in [-0.3, -0.25) is 0 Å². The van der Waals surface area contributed by atoms with Crippen LogP contribution in [0.4, 0.5) is 17.3 Å². The van der Waals surface area contributed by atoms with Gasteiger partial charge in [-0.1, -0.05) is 0 Å². The molecule has 2 heterocycles. The molecule has 6 nitrogen and oxygen atoms in total. The summed E-state index contributed by atoms with van der Waals surface area (Å²) in [5, 5.41) is 19.9. The summed E-state index contributed by atoms with van der Waals surface area (Å²) in [4.78, 5) is 4.55. The molecule has 4 rings (SSSR count). The van der Waals surface area contributed by atoms with Crippen molar-refractivity contribution in [1.82, 2.24) is 14.6 Å². The summed E-state index contributed by atoms with van der Waals surface area (Å²) in [7, 11) is 0. The maximum atomic E-state index is 8.84. The summed E-state index contributed by atoms with van der Waals surface area (Å²) in [6.45, 7) is 0. The van der Waals surface area contributed by atoms with Gasteiger partial charge in [0.25, 0.3) is 0 Å². The van der Waals surface area contributed by atoms with Crippen LogP contribution in [0.3, 0.4) is 0 Å². The molecule has 1 aromatic carbocycles. The third-order valence-corrected chi connectivity index (χ3v) is 3.58. The quantitative estimate of drug-likeness (QED) is 0.768. The number of hydrogen-bond acceptors (Lipinski definition) is 5. The third-order valence-electron chi connectivity index (χ3n) is 3.58. The van der Waals surface area contributed by atoms with Crippen molar-refractivity contribution in [2.24, 2.45) is 0 Å². The van der Waals surface area contributed by atoms with E-state index in [-0.39, 0.29) is 12.4 Å². The minimum absolute atomic E-state index is 0. The molecule has 1 fully saturated rings. The number of nitrogens with zero attached hydrogens (tertiary/aromatic N) is 4. The van der Waals surface area contributed by atoms with E-state index in [1.807, 2.05) is 28.8 Å². The molecule has 0 aliphatic heterocycles. The van der Waals surface area contributed by atoms with Gasteiger partial charge in [-0.05, 0) is 37.1 Å². The van der Waals surface area contributed by atoms with E-state index in [0.29, 0.717) is 11.6 Å². The number of nitrogens with one attached hydrogen (secondary N) is 2. The molecule has 0 unspecified atom stereocenters. The molecule has 0 radical (unpaired) electrons. The normalized spacial score (nSPS) is 13.2. The number of benzene rings is 1. The van der Waals surface area contributed by atoms with Gasteiger partial charge in [-0.25, -0.2) is 4.98 Å². The Morgan fingerprint density at radius 2 is 1.96 bits per heavy atom. The highest BCUT2D eigenvalue weighted by atomic mass is 35.5. The predicted octanol–water partition coefficient (Wildman–Crippen LogP) is 3.34. The van der Waals surface area contributed by atoms with Crippen molar-refractivity contribution in [2.75, 3.05) is 10.6 Å². The number of fused-ring (bicyclic) bond motifs is 1. The predicted molar refractivity (Wildman–Crippen MR) is 91.3 cm³/mol. The van der Waals surface area contributed by atoms with E-state index in [1.165, 1.54) is 12.8 Å². The number of hydrogen-bond donors (Lipinski definition) is 2. The van der Waals surface area contributed by atoms with E-state index in [0.717, 1.165) is 23.0 Å². The standard InChI is InChI=1S/C16H14N6.ClH/c17-10-11-1-3-12(4-2-11)19-14-9-16(20-13-5-6-13)22-15(21-14)7-8-18-22;/h1-4,7-9,13,20H,5-6H2,(H,19,21);1H. The fourth-order valence-corrected chi connectivity index (χ4v) is 2.29. The second kappa shape index (κ2) is 6.15. The Labute approximate surface area is 139 Å². The molecule has 0 bridgehead atoms. The highest BCUT2D eigenvalue weighted by Crippen LogP contribution is 2.27. The van der Waals surface area contributed by atoms with Crippen molar-refractivity contribution in [3.63, 3.8) is 0 Å². The van der Waals surface area contributed by atoms with Gasteiger partial charge in [-0.15, -0.1) is 12.4 Å². The zero-order chi connectivity index (χ0) is 14.9. The fourth-order valence-electron chi connectivity index (χ4n) is 2.29. The van der Waals surface area contributed by atoms with Gasteiger partial charge in [0.2, 0.25) is 0 Å². The summed E-state index contributed by atoms with van der Waals surface area (Å²) in [5.74, 6) is 1.69. The lowest BCUT2D eigenvalue weighted by atomic mass is 10.2. The van der Waals surface area contributed by atoms with Crippen LogP contribution in [0.25, 0.3) is 5.65 Å². The maximum absolute atomic E-state index is 8.84. The van der Waals surface area contributed by atoms with Crippen molar-refractivity contribution in [2.45, 2.75) is 18.9 Å². The maximum Gasteiger partial charge on any atom is 0.159 e. The van der Waals surface area contributed by atoms with Crippen LogP contribution in [-0.4, -0.2) is 20.6 Å². The van der Waals surface area contributed by atoms with Gasteiger partial charge >= 0.3 is 0 Å². The van der Waals surface area contributed by atoms with Crippen LogP contribution in [0.1, 0.15) is 18.4 Å². The van der Waals surface area contributed by atoms with Gasteiger partial charge in [0.05, 0.1) is 17.8 Å². The SMILES string of the molecule is Cl.N#Cc1ccc(Nc2cc(NC3CC3)n3nccc3n2)cc1. The number of nitriles is 1. The molecule has 2 aromatic heterocycles. The lowest BCUT2D eigenvalue weighted by Crippen LogP contribution is -2.08. The van der Waals surface area contributed by atoms with Crippen molar-refractivity contribution < 1.29 is 0 Å². The zero-order valence-corrected chi connectivity index (χ0v) is 13.0. The second-order valence-corrected chi connectivity index (χ2v) is 5.36. The van der Waals surface area contributed by atoms with Crippen LogP contribution in [0.5, 0.6) is 0 Å². The zero-order valence-electron chi connectivity index (χ0n) is 12.2. The number of aromatic nitrogens is 3. The molecule has 0 atom stereocenters. The summed E-state index contributed by atoms with van der Waals surface area (Å²) in [6.07, 6.45) is 4.14. The molecule has 116 valence electrons. The molecule has 1 saturated carbocycles. The average molecular weight is 327 g/mol. The first-order chi connectivity index (χ1) is 10.8. The Kier molecular flexibility index (Phi) is 4.04. The van der Waals surface area contributed by atoms with Crippen molar-refractivity contribution >= 4 is 35.4 Å². The molecule has 7 heteroatoms. The van der Waals surface area contributed by atoms with Crippen molar-refractivity contribution in [3.8, 4) is 6.07 Å². The molecule has 0 amide bonds. The van der Waals surface area contributed by atoms with Crippen LogP contribution in [-0.2, 0) is 0 Å². The molecule has 0 spiro atoms. The van der Waals surface area contributed by atoms with E-state index in [4.69, 9.17) is 5.26 Å². The Morgan fingerprint density at radius 3 is 2.65 bits per heavy atom. The molecule has 1 aliphatic rings. The first kappa shape index (κ1) is 15.1. The molecular formula is C16H15ClN6. The van der Waals surface area contributed by atoms with E-state index in [9.17, 15) is 0 Å². The molecule has 23 heavy (non-hydrogen) atoms. The minimum atomic E-state index is 0. The number of rotatable bonds is 4. The fraction of sp³-hybridized carbons (Fsp3) is 0.188. The van der Waals surface area contributed by atoms with Crippen LogP contribution in [0.2, 0.25) is 0 Å². The summed E-state index contributed by atoms with van der Waals surface area (Å²) in [6, 6.07) is 13.8. The van der Waals surface area contributed by atoms with E-state index < -0.39 is 0 Å². The minimum Gasteiger partial charge on any atom is -0.367 e. The van der Waals surface area contributed by atoms with Crippen LogP contribution in [0.15, 0.2) is 42.6 Å². The van der Waals surface area contributed by atoms with Gasteiger partial charge in [0.15, 0.2) is 5.65 Å². The first-order valence-corrected chi connectivity index (χ1v) is 7.20. The Balaban J connectivity index is 0.00000156. The van der Waals surface area contributed by atoms with E-state index >= 15 is 0 Å². The van der Waals surface area contributed by atoms with E-state index in [2.05, 4.69) is 26.8 Å². The summed E-state index contributed by atoms with van der Waals surface area (Å²) < 4.78 is 1.81. The Bertz CT molecular complexity index is 860. The van der Waals surface area contributed by atoms with Crippen LogP contribution >= 0.6 is 12.4 Å². The Hall–Kier alpha value is -2.78. The average Bonchev–Trinajstić information content (AvgIpc) is 3.22. The number of halogens is 1. The lowest BCUT2D eigenvalue weighted by Gasteiger charge is -2.11. The highest BCUT2D eigenvalue weighted by Gasteiger charge is 2.22. The van der Waals surface area contributed by atoms with Gasteiger partial charge in [0.1, 0.15) is 11.6 Å². The molecule has 0 saturated heterocycles. The van der Waals surface area contributed by atoms with Crippen LogP contribution < -0.4 is 10.6 Å². The molecular weight excluding hydrogens is 312 g/mol.